The minimum absolute atomic E-state index is 0.0621. The number of amides is 2. The zero-order chi connectivity index (χ0) is 24.3. The second-order valence-corrected chi connectivity index (χ2v) is 9.07. The lowest BCUT2D eigenvalue weighted by Crippen LogP contribution is -2.58. The van der Waals surface area contributed by atoms with Crippen LogP contribution in [0.4, 0.5) is 4.79 Å². The van der Waals surface area contributed by atoms with Gasteiger partial charge in [-0.2, -0.15) is 0 Å². The van der Waals surface area contributed by atoms with Gasteiger partial charge in [0.15, 0.2) is 0 Å². The molecule has 0 radical (unpaired) electrons. The van der Waals surface area contributed by atoms with E-state index in [4.69, 9.17) is 9.84 Å². The molecule has 2 aromatic rings. The number of carboxylic acid groups (broad SMARTS) is 1. The summed E-state index contributed by atoms with van der Waals surface area (Å²) in [6, 6.07) is 16.2. The predicted molar refractivity (Wildman–Crippen MR) is 128 cm³/mol. The van der Waals surface area contributed by atoms with Gasteiger partial charge in [0.2, 0.25) is 5.91 Å². The molecule has 0 saturated heterocycles. The molecule has 1 heterocycles. The molecule has 7 nitrogen and oxygen atoms in total. The number of ether oxygens (including phenoxy) is 1. The van der Waals surface area contributed by atoms with Crippen LogP contribution in [0.25, 0.3) is 11.1 Å². The Labute approximate surface area is 199 Å². The molecule has 34 heavy (non-hydrogen) atoms. The number of rotatable bonds is 7. The monoisotopic (exact) mass is 462 g/mol. The molecule has 2 N–H and O–H groups in total. The van der Waals surface area contributed by atoms with Crippen molar-refractivity contribution in [1.82, 2.24) is 10.2 Å². The maximum absolute atomic E-state index is 13.3. The van der Waals surface area contributed by atoms with Gasteiger partial charge in [-0.1, -0.05) is 68.0 Å². The summed E-state index contributed by atoms with van der Waals surface area (Å²) in [5.74, 6) is -1.25. The molecular formula is C27H30N2O5. The number of nitrogens with one attached hydrogen (secondary N) is 1. The minimum atomic E-state index is -1.13. The lowest BCUT2D eigenvalue weighted by molar-refractivity contribution is -0.138. The lowest BCUT2D eigenvalue weighted by atomic mass is 9.93. The first-order chi connectivity index (χ1) is 16.3. The third-order valence-electron chi connectivity index (χ3n) is 6.71. The Kier molecular flexibility index (Phi) is 6.72. The summed E-state index contributed by atoms with van der Waals surface area (Å²) in [4.78, 5) is 38.9. The van der Waals surface area contributed by atoms with Crippen LogP contribution in [0.3, 0.4) is 0 Å². The number of fused-ring (bicyclic) bond motifs is 3. The fraction of sp³-hybridized carbons (Fsp3) is 0.370. The normalized spacial score (nSPS) is 16.6. The molecule has 2 aliphatic rings. The first-order valence-corrected chi connectivity index (χ1v) is 11.7. The molecule has 1 aliphatic carbocycles. The van der Waals surface area contributed by atoms with Crippen LogP contribution in [0.15, 0.2) is 60.2 Å². The first kappa shape index (κ1) is 23.5. The van der Waals surface area contributed by atoms with Gasteiger partial charge in [0.1, 0.15) is 12.1 Å². The SMILES string of the molecule is CCCC(C)(NC(=O)OCC1c2ccccc2-c2ccccc21)C(=O)N1CC=C(C(=O)O)CC1. The second-order valence-electron chi connectivity index (χ2n) is 9.07. The first-order valence-electron chi connectivity index (χ1n) is 11.7. The summed E-state index contributed by atoms with van der Waals surface area (Å²) in [7, 11) is 0. The highest BCUT2D eigenvalue weighted by molar-refractivity contribution is 5.91. The van der Waals surface area contributed by atoms with Gasteiger partial charge in [0.25, 0.3) is 0 Å². The molecule has 4 rings (SSSR count). The Balaban J connectivity index is 1.44. The summed E-state index contributed by atoms with van der Waals surface area (Å²) >= 11 is 0. The average molecular weight is 463 g/mol. The number of carbonyl (C=O) groups excluding carboxylic acids is 2. The zero-order valence-electron chi connectivity index (χ0n) is 19.5. The van der Waals surface area contributed by atoms with Gasteiger partial charge in [0.05, 0.1) is 0 Å². The summed E-state index contributed by atoms with van der Waals surface area (Å²) in [6.45, 7) is 4.35. The third kappa shape index (κ3) is 4.55. The average Bonchev–Trinajstić information content (AvgIpc) is 3.16. The summed E-state index contributed by atoms with van der Waals surface area (Å²) in [5, 5.41) is 12.0. The van der Waals surface area contributed by atoms with Gasteiger partial charge in [0, 0.05) is 24.6 Å². The number of carboxylic acids is 1. The van der Waals surface area contributed by atoms with Crippen molar-refractivity contribution < 1.29 is 24.2 Å². The fourth-order valence-electron chi connectivity index (χ4n) is 4.98. The lowest BCUT2D eigenvalue weighted by Gasteiger charge is -2.36. The van der Waals surface area contributed by atoms with E-state index in [2.05, 4.69) is 29.6 Å². The van der Waals surface area contributed by atoms with Crippen molar-refractivity contribution in [2.24, 2.45) is 0 Å². The van der Waals surface area contributed by atoms with E-state index in [9.17, 15) is 14.4 Å². The van der Waals surface area contributed by atoms with E-state index in [1.165, 1.54) is 0 Å². The van der Waals surface area contributed by atoms with E-state index in [0.717, 1.165) is 22.3 Å². The van der Waals surface area contributed by atoms with Gasteiger partial charge in [-0.15, -0.1) is 0 Å². The Morgan fingerprint density at radius 3 is 2.24 bits per heavy atom. The Morgan fingerprint density at radius 1 is 1.09 bits per heavy atom. The molecule has 0 saturated carbocycles. The number of nitrogens with zero attached hydrogens (tertiary/aromatic N) is 1. The van der Waals surface area contributed by atoms with E-state index in [-0.39, 0.29) is 31.4 Å². The van der Waals surface area contributed by atoms with Gasteiger partial charge in [-0.3, -0.25) is 4.79 Å². The fourth-order valence-corrected chi connectivity index (χ4v) is 4.98. The third-order valence-corrected chi connectivity index (χ3v) is 6.71. The highest BCUT2D eigenvalue weighted by Gasteiger charge is 2.39. The number of hydrogen-bond acceptors (Lipinski definition) is 4. The smallest absolute Gasteiger partial charge is 0.408 e. The molecule has 1 atom stereocenters. The highest BCUT2D eigenvalue weighted by atomic mass is 16.5. The quantitative estimate of drug-likeness (QED) is 0.639. The molecule has 1 aliphatic heterocycles. The molecular weight excluding hydrogens is 432 g/mol. The van der Waals surface area contributed by atoms with Crippen molar-refractivity contribution in [1.29, 1.82) is 0 Å². The Bertz CT molecular complexity index is 1100. The van der Waals surface area contributed by atoms with Crippen molar-refractivity contribution in [3.63, 3.8) is 0 Å². The number of alkyl carbamates (subject to hydrolysis) is 1. The van der Waals surface area contributed by atoms with Gasteiger partial charge in [-0.05, 0) is 42.0 Å². The van der Waals surface area contributed by atoms with E-state index >= 15 is 0 Å². The predicted octanol–water partition coefficient (Wildman–Crippen LogP) is 4.33. The standard InChI is InChI=1S/C27H30N2O5/c1-3-14-27(2,25(32)29-15-12-18(13-16-29)24(30)31)28-26(33)34-17-23-21-10-6-4-8-19(21)20-9-5-7-11-22(20)23/h4-12,23H,3,13-17H2,1-2H3,(H,28,33)(H,30,31). The van der Waals surface area contributed by atoms with Crippen molar-refractivity contribution in [2.45, 2.75) is 44.6 Å². The summed E-state index contributed by atoms with van der Waals surface area (Å²) < 4.78 is 5.66. The van der Waals surface area contributed by atoms with Gasteiger partial charge < -0.3 is 20.1 Å². The van der Waals surface area contributed by atoms with Crippen LogP contribution in [0.5, 0.6) is 0 Å². The van der Waals surface area contributed by atoms with Crippen molar-refractivity contribution in [2.75, 3.05) is 19.7 Å². The van der Waals surface area contributed by atoms with Crippen molar-refractivity contribution in [3.05, 3.63) is 71.3 Å². The van der Waals surface area contributed by atoms with Crippen molar-refractivity contribution >= 4 is 18.0 Å². The van der Waals surface area contributed by atoms with E-state index < -0.39 is 17.6 Å². The largest absolute Gasteiger partial charge is 0.478 e. The van der Waals surface area contributed by atoms with Crippen LogP contribution >= 0.6 is 0 Å². The summed E-state index contributed by atoms with van der Waals surface area (Å²) in [6.07, 6.45) is 2.35. The molecule has 1 unspecified atom stereocenters. The Morgan fingerprint density at radius 2 is 1.71 bits per heavy atom. The van der Waals surface area contributed by atoms with Crippen LogP contribution < -0.4 is 5.32 Å². The molecule has 0 bridgehead atoms. The number of benzene rings is 2. The number of carbonyl (C=O) groups is 3. The maximum Gasteiger partial charge on any atom is 0.408 e. The van der Waals surface area contributed by atoms with Crippen LogP contribution in [0.2, 0.25) is 0 Å². The molecule has 0 fully saturated rings. The molecule has 0 spiro atoms. The minimum Gasteiger partial charge on any atom is -0.478 e. The number of aliphatic carboxylic acids is 1. The number of hydrogen-bond donors (Lipinski definition) is 2. The summed E-state index contributed by atoms with van der Waals surface area (Å²) in [5.41, 5.74) is 3.72. The highest BCUT2D eigenvalue weighted by Crippen LogP contribution is 2.44. The van der Waals surface area contributed by atoms with Gasteiger partial charge in [-0.25, -0.2) is 9.59 Å². The van der Waals surface area contributed by atoms with Crippen LogP contribution in [-0.4, -0.2) is 53.2 Å². The molecule has 178 valence electrons. The van der Waals surface area contributed by atoms with Gasteiger partial charge >= 0.3 is 12.1 Å². The zero-order valence-corrected chi connectivity index (χ0v) is 19.5. The topological polar surface area (TPSA) is 95.9 Å². The molecule has 2 aromatic carbocycles. The maximum atomic E-state index is 13.3. The van der Waals surface area contributed by atoms with Crippen LogP contribution in [-0.2, 0) is 14.3 Å². The van der Waals surface area contributed by atoms with E-state index in [0.29, 0.717) is 25.0 Å². The van der Waals surface area contributed by atoms with Crippen LogP contribution in [0.1, 0.15) is 50.2 Å². The second kappa shape index (κ2) is 9.71. The molecule has 0 aromatic heterocycles. The van der Waals surface area contributed by atoms with E-state index in [1.807, 2.05) is 31.2 Å². The van der Waals surface area contributed by atoms with Crippen LogP contribution in [0, 0.1) is 0 Å². The van der Waals surface area contributed by atoms with Crippen molar-refractivity contribution in [3.8, 4) is 11.1 Å². The Hall–Kier alpha value is -3.61. The van der Waals surface area contributed by atoms with E-state index in [1.54, 1.807) is 17.9 Å². The molecule has 7 heteroatoms. The molecule has 2 amide bonds.